The van der Waals surface area contributed by atoms with Crippen LogP contribution in [0, 0.1) is 0 Å². The maximum Gasteiger partial charge on any atom is 0.335 e. The molecule has 2 heterocycles. The summed E-state index contributed by atoms with van der Waals surface area (Å²) in [7, 11) is 0. The number of carboxylic acid groups (broad SMARTS) is 1. The highest BCUT2D eigenvalue weighted by Gasteiger charge is 2.23. The lowest BCUT2D eigenvalue weighted by Gasteiger charge is -2.31. The van der Waals surface area contributed by atoms with Gasteiger partial charge in [0, 0.05) is 19.0 Å². The molecule has 6 heteroatoms. The van der Waals surface area contributed by atoms with Gasteiger partial charge in [-0.15, -0.1) is 0 Å². The molecule has 1 aromatic carbocycles. The number of nitrogens with zero attached hydrogens (tertiary/aromatic N) is 3. The average Bonchev–Trinajstić information content (AvgIpc) is 3.02. The van der Waals surface area contributed by atoms with Crippen molar-refractivity contribution >= 4 is 5.97 Å². The van der Waals surface area contributed by atoms with E-state index in [0.717, 1.165) is 43.9 Å². The van der Waals surface area contributed by atoms with Crippen LogP contribution in [0.5, 0.6) is 0 Å². The third-order valence-corrected chi connectivity index (χ3v) is 3.91. The second-order valence-corrected chi connectivity index (χ2v) is 5.45. The van der Waals surface area contributed by atoms with Gasteiger partial charge in [-0.2, -0.15) is 5.10 Å². The summed E-state index contributed by atoms with van der Waals surface area (Å²) >= 11 is 0. The maximum atomic E-state index is 11.0. The Morgan fingerprint density at radius 1 is 1.48 bits per heavy atom. The van der Waals surface area contributed by atoms with Crippen molar-refractivity contribution in [1.82, 2.24) is 20.1 Å². The molecule has 0 radical (unpaired) electrons. The Kier molecular flexibility index (Phi) is 3.96. The van der Waals surface area contributed by atoms with Crippen LogP contribution in [0.15, 0.2) is 30.6 Å². The van der Waals surface area contributed by atoms with Crippen LogP contribution in [0.3, 0.4) is 0 Å². The largest absolute Gasteiger partial charge is 0.478 e. The minimum atomic E-state index is -0.880. The second kappa shape index (κ2) is 6.05. The van der Waals surface area contributed by atoms with Crippen LogP contribution in [0.25, 0.3) is 0 Å². The van der Waals surface area contributed by atoms with Gasteiger partial charge in [0.15, 0.2) is 0 Å². The molecule has 1 atom stereocenters. The van der Waals surface area contributed by atoms with Crippen molar-refractivity contribution < 1.29 is 9.90 Å². The Hall–Kier alpha value is -2.21. The molecule has 21 heavy (non-hydrogen) atoms. The molecule has 0 saturated carbocycles. The molecule has 1 saturated heterocycles. The number of carbonyl (C=O) groups is 1. The van der Waals surface area contributed by atoms with Gasteiger partial charge < -0.3 is 5.11 Å². The molecule has 1 fully saturated rings. The Bertz CT molecular complexity index is 612. The Morgan fingerprint density at radius 3 is 3.14 bits per heavy atom. The second-order valence-electron chi connectivity index (χ2n) is 5.45. The zero-order chi connectivity index (χ0) is 14.7. The molecular weight excluding hydrogens is 268 g/mol. The molecule has 0 bridgehead atoms. The number of carboxylic acids is 1. The Balaban J connectivity index is 1.67. The third kappa shape index (κ3) is 3.28. The van der Waals surface area contributed by atoms with Gasteiger partial charge in [-0.3, -0.25) is 10.00 Å². The molecule has 3 rings (SSSR count). The number of aromatic amines is 1. The number of aromatic nitrogens is 3. The van der Waals surface area contributed by atoms with E-state index in [4.69, 9.17) is 5.11 Å². The van der Waals surface area contributed by atoms with Gasteiger partial charge in [-0.05, 0) is 37.1 Å². The molecule has 2 N–H and O–H groups in total. The van der Waals surface area contributed by atoms with Crippen molar-refractivity contribution in [3.05, 3.63) is 47.5 Å². The molecule has 1 aromatic heterocycles. The van der Waals surface area contributed by atoms with E-state index in [2.05, 4.69) is 20.1 Å². The molecule has 1 aliphatic rings. The lowest BCUT2D eigenvalue weighted by Crippen LogP contribution is -2.34. The maximum absolute atomic E-state index is 11.0. The lowest BCUT2D eigenvalue weighted by atomic mass is 9.97. The van der Waals surface area contributed by atoms with E-state index >= 15 is 0 Å². The molecule has 6 nitrogen and oxygen atoms in total. The zero-order valence-corrected chi connectivity index (χ0v) is 11.7. The number of aromatic carboxylic acids is 1. The molecule has 0 amide bonds. The Labute approximate surface area is 122 Å². The number of benzene rings is 1. The minimum absolute atomic E-state index is 0.344. The summed E-state index contributed by atoms with van der Waals surface area (Å²) in [4.78, 5) is 17.6. The van der Waals surface area contributed by atoms with Crippen LogP contribution in [0.1, 0.15) is 40.5 Å². The molecule has 0 aliphatic carbocycles. The van der Waals surface area contributed by atoms with Gasteiger partial charge in [0.1, 0.15) is 12.2 Å². The van der Waals surface area contributed by atoms with Crippen LogP contribution < -0.4 is 0 Å². The summed E-state index contributed by atoms with van der Waals surface area (Å²) < 4.78 is 0. The number of hydrogen-bond acceptors (Lipinski definition) is 4. The monoisotopic (exact) mass is 286 g/mol. The van der Waals surface area contributed by atoms with Gasteiger partial charge >= 0.3 is 5.97 Å². The topological polar surface area (TPSA) is 82.1 Å². The van der Waals surface area contributed by atoms with Crippen LogP contribution in [0.2, 0.25) is 0 Å². The minimum Gasteiger partial charge on any atom is -0.478 e. The molecule has 2 aromatic rings. The van der Waals surface area contributed by atoms with Crippen LogP contribution in [-0.2, 0) is 6.54 Å². The van der Waals surface area contributed by atoms with Gasteiger partial charge in [0.05, 0.1) is 5.56 Å². The summed E-state index contributed by atoms with van der Waals surface area (Å²) in [6.07, 6.45) is 3.77. The predicted molar refractivity (Wildman–Crippen MR) is 77.0 cm³/mol. The van der Waals surface area contributed by atoms with Crippen LogP contribution >= 0.6 is 0 Å². The molecule has 0 spiro atoms. The van der Waals surface area contributed by atoms with Gasteiger partial charge in [-0.25, -0.2) is 9.78 Å². The van der Waals surface area contributed by atoms with Crippen LogP contribution in [0.4, 0.5) is 0 Å². The highest BCUT2D eigenvalue weighted by atomic mass is 16.4. The highest BCUT2D eigenvalue weighted by Crippen LogP contribution is 2.25. The number of H-pyrrole nitrogens is 1. The van der Waals surface area contributed by atoms with Crippen LogP contribution in [-0.4, -0.2) is 44.2 Å². The first-order valence-corrected chi connectivity index (χ1v) is 7.12. The first-order valence-electron chi connectivity index (χ1n) is 7.12. The average molecular weight is 286 g/mol. The quantitative estimate of drug-likeness (QED) is 0.896. The fourth-order valence-corrected chi connectivity index (χ4v) is 2.89. The van der Waals surface area contributed by atoms with E-state index < -0.39 is 5.97 Å². The van der Waals surface area contributed by atoms with Crippen molar-refractivity contribution in [2.75, 3.05) is 13.1 Å². The standard InChI is InChI=1S/C15H18N4O2/c20-15(21)12-4-1-3-11(7-12)8-19-6-2-5-13(9-19)14-16-10-17-18-14/h1,3-4,7,10,13H,2,5-6,8-9H2,(H,20,21)(H,16,17,18). The number of piperidine rings is 1. The zero-order valence-electron chi connectivity index (χ0n) is 11.7. The van der Waals surface area contributed by atoms with Crippen molar-refractivity contribution in [2.45, 2.75) is 25.3 Å². The van der Waals surface area contributed by atoms with Crippen molar-refractivity contribution in [3.63, 3.8) is 0 Å². The molecular formula is C15H18N4O2. The van der Waals surface area contributed by atoms with E-state index in [1.807, 2.05) is 6.07 Å². The smallest absolute Gasteiger partial charge is 0.335 e. The normalized spacial score (nSPS) is 19.5. The molecule has 1 aliphatic heterocycles. The van der Waals surface area contributed by atoms with Gasteiger partial charge in [0.2, 0.25) is 0 Å². The summed E-state index contributed by atoms with van der Waals surface area (Å²) in [6.45, 7) is 2.72. The number of hydrogen-bond donors (Lipinski definition) is 2. The summed E-state index contributed by atoms with van der Waals surface area (Å²) in [5, 5.41) is 15.9. The number of likely N-dealkylation sites (tertiary alicyclic amines) is 1. The number of rotatable bonds is 4. The van der Waals surface area contributed by atoms with Crippen molar-refractivity contribution in [1.29, 1.82) is 0 Å². The van der Waals surface area contributed by atoms with E-state index in [-0.39, 0.29) is 0 Å². The third-order valence-electron chi connectivity index (χ3n) is 3.91. The predicted octanol–water partition coefficient (Wildman–Crippen LogP) is 1.88. The summed E-state index contributed by atoms with van der Waals surface area (Å²) in [5.41, 5.74) is 1.38. The van der Waals surface area contributed by atoms with Gasteiger partial charge in [-0.1, -0.05) is 12.1 Å². The molecule has 110 valence electrons. The van der Waals surface area contributed by atoms with E-state index in [1.54, 1.807) is 24.5 Å². The fourth-order valence-electron chi connectivity index (χ4n) is 2.89. The first kappa shape index (κ1) is 13.8. The fraction of sp³-hybridized carbons (Fsp3) is 0.400. The van der Waals surface area contributed by atoms with Crippen molar-refractivity contribution in [3.8, 4) is 0 Å². The highest BCUT2D eigenvalue weighted by molar-refractivity contribution is 5.87. The first-order chi connectivity index (χ1) is 10.2. The molecule has 1 unspecified atom stereocenters. The summed E-state index contributed by atoms with van der Waals surface area (Å²) in [6, 6.07) is 7.15. The van der Waals surface area contributed by atoms with E-state index in [0.29, 0.717) is 11.5 Å². The van der Waals surface area contributed by atoms with E-state index in [9.17, 15) is 4.79 Å². The van der Waals surface area contributed by atoms with Gasteiger partial charge in [0.25, 0.3) is 0 Å². The number of nitrogens with one attached hydrogen (secondary N) is 1. The van der Waals surface area contributed by atoms with E-state index in [1.165, 1.54) is 0 Å². The SMILES string of the molecule is O=C(O)c1cccc(CN2CCCC(c3ncn[nH]3)C2)c1. The lowest BCUT2D eigenvalue weighted by molar-refractivity contribution is 0.0696. The Morgan fingerprint density at radius 2 is 2.38 bits per heavy atom. The summed E-state index contributed by atoms with van der Waals surface area (Å²) in [5.74, 6) is 0.443. The van der Waals surface area contributed by atoms with Crippen molar-refractivity contribution in [2.24, 2.45) is 0 Å².